The molecule has 6 nitrogen and oxygen atoms in total. The number of alkyl halides is 2. The number of hydrogen-bond donors (Lipinski definition) is 0. The summed E-state index contributed by atoms with van der Waals surface area (Å²) < 4.78 is 16.2. The summed E-state index contributed by atoms with van der Waals surface area (Å²) >= 11 is 7.19. The van der Waals surface area contributed by atoms with E-state index in [0.717, 1.165) is 17.6 Å². The highest BCUT2D eigenvalue weighted by molar-refractivity contribution is 9.10. The zero-order valence-electron chi connectivity index (χ0n) is 15.6. The van der Waals surface area contributed by atoms with Gasteiger partial charge in [-0.1, -0.05) is 45.4 Å². The minimum atomic E-state index is -0.600. The first-order valence-electron chi connectivity index (χ1n) is 8.82. The molecule has 0 radical (unpaired) electrons. The molecule has 0 aromatic heterocycles. The lowest BCUT2D eigenvalue weighted by molar-refractivity contribution is -0.149. The first-order valence-corrected chi connectivity index (χ1v) is 10.9. The molecular weight excluding hydrogens is 484 g/mol. The normalized spacial score (nSPS) is 28.5. The van der Waals surface area contributed by atoms with Gasteiger partial charge in [-0.05, 0) is 29.9 Å². The van der Waals surface area contributed by atoms with Crippen molar-refractivity contribution in [2.75, 3.05) is 11.9 Å². The van der Waals surface area contributed by atoms with E-state index in [1.54, 1.807) is 0 Å². The van der Waals surface area contributed by atoms with Crippen LogP contribution in [0.3, 0.4) is 0 Å². The summed E-state index contributed by atoms with van der Waals surface area (Å²) in [5.74, 6) is -1.54. The molecule has 0 bridgehead atoms. The summed E-state index contributed by atoms with van der Waals surface area (Å²) in [5, 5.41) is 0.553. The number of esters is 3. The molecule has 1 heterocycles. The van der Waals surface area contributed by atoms with Crippen molar-refractivity contribution in [1.29, 1.82) is 0 Å². The molecule has 1 saturated heterocycles. The molecular formula is C19H24Br2O6. The third-order valence-electron chi connectivity index (χ3n) is 4.94. The van der Waals surface area contributed by atoms with E-state index in [1.807, 2.05) is 6.92 Å². The number of rotatable bonds is 7. The molecule has 0 amide bonds. The van der Waals surface area contributed by atoms with E-state index in [4.69, 9.17) is 14.2 Å². The van der Waals surface area contributed by atoms with Gasteiger partial charge in [-0.15, -0.1) is 0 Å². The summed E-state index contributed by atoms with van der Waals surface area (Å²) in [6.07, 6.45) is 0.370. The Bertz CT molecular complexity index is 671. The Balaban J connectivity index is 2.34. The number of ether oxygens (including phenoxy) is 3. The average Bonchev–Trinajstić information content (AvgIpc) is 2.89. The van der Waals surface area contributed by atoms with Gasteiger partial charge in [-0.2, -0.15) is 0 Å². The van der Waals surface area contributed by atoms with Gasteiger partial charge in [0.25, 0.3) is 0 Å². The van der Waals surface area contributed by atoms with E-state index >= 15 is 0 Å². The van der Waals surface area contributed by atoms with Crippen molar-refractivity contribution in [2.45, 2.75) is 50.6 Å². The van der Waals surface area contributed by atoms with Crippen molar-refractivity contribution in [2.24, 2.45) is 11.8 Å². The zero-order valence-corrected chi connectivity index (χ0v) is 18.8. The number of halogens is 2. The molecule has 8 heteroatoms. The average molecular weight is 508 g/mol. The van der Waals surface area contributed by atoms with Crippen LogP contribution in [-0.4, -0.2) is 46.9 Å². The lowest BCUT2D eigenvalue weighted by atomic mass is 9.73. The Labute approximate surface area is 175 Å². The number of carbonyl (C=O) groups excluding carboxylic acids is 3. The SMILES string of the molecule is C=C1C(=O)O[C@H]2[C@@H]1[C@H](OC(C)=O)C([C@@H](C)CCCOC(C)=O)=C(CBr)[C@@H]2Br. The molecule has 0 spiro atoms. The van der Waals surface area contributed by atoms with Crippen molar-refractivity contribution in [1.82, 2.24) is 0 Å². The maximum atomic E-state index is 12.1. The van der Waals surface area contributed by atoms with E-state index in [1.165, 1.54) is 13.8 Å². The summed E-state index contributed by atoms with van der Waals surface area (Å²) in [7, 11) is 0. The van der Waals surface area contributed by atoms with Gasteiger partial charge in [0, 0.05) is 24.8 Å². The van der Waals surface area contributed by atoms with Gasteiger partial charge in [-0.3, -0.25) is 9.59 Å². The van der Waals surface area contributed by atoms with Crippen molar-refractivity contribution in [3.63, 3.8) is 0 Å². The van der Waals surface area contributed by atoms with Gasteiger partial charge in [0.05, 0.1) is 17.4 Å². The molecule has 1 aliphatic heterocycles. The molecule has 0 N–H and O–H groups in total. The van der Waals surface area contributed by atoms with E-state index < -0.39 is 30.1 Å². The second-order valence-electron chi connectivity index (χ2n) is 6.85. The van der Waals surface area contributed by atoms with Crippen molar-refractivity contribution < 1.29 is 28.6 Å². The van der Waals surface area contributed by atoms with Gasteiger partial charge < -0.3 is 14.2 Å². The second kappa shape index (κ2) is 9.37. The van der Waals surface area contributed by atoms with E-state index in [9.17, 15) is 14.4 Å². The minimum Gasteiger partial charge on any atom is -0.466 e. The van der Waals surface area contributed by atoms with Crippen LogP contribution in [0.2, 0.25) is 0 Å². The predicted molar refractivity (Wildman–Crippen MR) is 107 cm³/mol. The third kappa shape index (κ3) is 4.83. The molecule has 2 aliphatic rings. The van der Waals surface area contributed by atoms with Crippen LogP contribution in [-0.2, 0) is 28.6 Å². The maximum Gasteiger partial charge on any atom is 0.334 e. The minimum absolute atomic E-state index is 0.0574. The van der Waals surface area contributed by atoms with Crippen LogP contribution in [0.25, 0.3) is 0 Å². The molecule has 1 fully saturated rings. The zero-order chi connectivity index (χ0) is 20.3. The summed E-state index contributed by atoms with van der Waals surface area (Å²) in [4.78, 5) is 34.6. The third-order valence-corrected chi connectivity index (χ3v) is 6.62. The Morgan fingerprint density at radius 1 is 1.30 bits per heavy atom. The van der Waals surface area contributed by atoms with Gasteiger partial charge in [0.1, 0.15) is 12.2 Å². The van der Waals surface area contributed by atoms with Crippen molar-refractivity contribution in [3.8, 4) is 0 Å². The largest absolute Gasteiger partial charge is 0.466 e. The monoisotopic (exact) mass is 506 g/mol. The summed E-state index contributed by atoms with van der Waals surface area (Å²) in [6, 6.07) is 0. The van der Waals surface area contributed by atoms with Gasteiger partial charge in [0.2, 0.25) is 0 Å². The molecule has 2 rings (SSSR count). The highest BCUT2D eigenvalue weighted by Gasteiger charge is 2.54. The van der Waals surface area contributed by atoms with E-state index in [2.05, 4.69) is 38.4 Å². The van der Waals surface area contributed by atoms with Gasteiger partial charge >= 0.3 is 17.9 Å². The molecule has 0 saturated carbocycles. The Morgan fingerprint density at radius 3 is 2.52 bits per heavy atom. The summed E-state index contributed by atoms with van der Waals surface area (Å²) in [6.45, 7) is 8.99. The van der Waals surface area contributed by atoms with Crippen LogP contribution in [0.4, 0.5) is 0 Å². The van der Waals surface area contributed by atoms with Gasteiger partial charge in [-0.25, -0.2) is 4.79 Å². The van der Waals surface area contributed by atoms with E-state index in [0.29, 0.717) is 23.9 Å². The van der Waals surface area contributed by atoms with Crippen LogP contribution in [0.1, 0.15) is 33.6 Å². The standard InChI is InChI=1S/C19H24Br2O6/c1-9(6-5-7-25-11(3)22)14-13(8-20)16(21)18-15(10(2)19(24)27-18)17(14)26-12(4)23/h9,15-18H,2,5-8H2,1,3-4H3/t9-,15-,16-,17+,18-/m0/s1. The second-order valence-corrected chi connectivity index (χ2v) is 8.40. The highest BCUT2D eigenvalue weighted by atomic mass is 79.9. The molecule has 0 aromatic carbocycles. The highest BCUT2D eigenvalue weighted by Crippen LogP contribution is 2.47. The molecule has 0 aromatic rings. The van der Waals surface area contributed by atoms with E-state index in [-0.39, 0.29) is 16.7 Å². The molecule has 150 valence electrons. The fraction of sp³-hybridized carbons (Fsp3) is 0.632. The van der Waals surface area contributed by atoms with Crippen LogP contribution < -0.4 is 0 Å². The summed E-state index contributed by atoms with van der Waals surface area (Å²) in [5.41, 5.74) is 2.30. The predicted octanol–water partition coefficient (Wildman–Crippen LogP) is 3.46. The van der Waals surface area contributed by atoms with Crippen LogP contribution in [0.15, 0.2) is 23.3 Å². The van der Waals surface area contributed by atoms with Crippen LogP contribution in [0.5, 0.6) is 0 Å². The lowest BCUT2D eigenvalue weighted by Gasteiger charge is -2.40. The molecule has 27 heavy (non-hydrogen) atoms. The van der Waals surface area contributed by atoms with Crippen LogP contribution in [0, 0.1) is 11.8 Å². The number of hydrogen-bond acceptors (Lipinski definition) is 6. The quantitative estimate of drug-likeness (QED) is 0.131. The van der Waals surface area contributed by atoms with Gasteiger partial charge in [0.15, 0.2) is 0 Å². The fourth-order valence-corrected chi connectivity index (χ4v) is 5.73. The molecule has 5 atom stereocenters. The topological polar surface area (TPSA) is 78.9 Å². The van der Waals surface area contributed by atoms with Crippen molar-refractivity contribution >= 4 is 49.8 Å². The maximum absolute atomic E-state index is 12.1. The van der Waals surface area contributed by atoms with Crippen molar-refractivity contribution in [3.05, 3.63) is 23.3 Å². The lowest BCUT2D eigenvalue weighted by Crippen LogP contribution is -2.46. The number of fused-ring (bicyclic) bond motifs is 1. The molecule has 1 aliphatic carbocycles. The Hall–Kier alpha value is -1.15. The fourth-order valence-electron chi connectivity index (χ4n) is 3.76. The number of carbonyl (C=O) groups is 3. The van der Waals surface area contributed by atoms with Crippen LogP contribution >= 0.6 is 31.9 Å². The molecule has 0 unspecified atom stereocenters. The Morgan fingerprint density at radius 2 is 1.96 bits per heavy atom. The Kier molecular flexibility index (Phi) is 7.68. The first-order chi connectivity index (χ1) is 12.7. The first kappa shape index (κ1) is 22.1. The smallest absolute Gasteiger partial charge is 0.334 e.